The van der Waals surface area contributed by atoms with Crippen LogP contribution >= 0.6 is 11.9 Å². The Balaban J connectivity index is 0.00000381. The van der Waals surface area contributed by atoms with E-state index in [1.54, 1.807) is 27.1 Å². The van der Waals surface area contributed by atoms with Crippen molar-refractivity contribution in [2.75, 3.05) is 26.4 Å². The van der Waals surface area contributed by atoms with Crippen LogP contribution in [0.25, 0.3) is 0 Å². The van der Waals surface area contributed by atoms with E-state index in [0.717, 1.165) is 22.4 Å². The van der Waals surface area contributed by atoms with Gasteiger partial charge in [-0.15, -0.1) is 0 Å². The number of nitrogens with two attached hydrogens (primary N) is 1. The second-order valence-corrected chi connectivity index (χ2v) is 13.5. The van der Waals surface area contributed by atoms with Crippen molar-refractivity contribution in [2.45, 2.75) is 111 Å². The smallest absolute Gasteiger partial charge is 0.256 e. The zero-order chi connectivity index (χ0) is 35.7. The molecule has 0 saturated heterocycles. The zero-order valence-corrected chi connectivity index (χ0v) is 31.4. The number of carbonyl (C=O) groups excluding carboxylic acids is 3. The summed E-state index contributed by atoms with van der Waals surface area (Å²) >= 11 is 1.25. The second kappa shape index (κ2) is 20.7. The van der Waals surface area contributed by atoms with Crippen molar-refractivity contribution < 1.29 is 14.4 Å². The first kappa shape index (κ1) is 42.7. The predicted octanol–water partition coefficient (Wildman–Crippen LogP) is 6.90. The SMILES string of the molecule is CC.CCC.CCc1cc(N)ccc1SNC(=O)/C(C)=C/CN(C)C(=O)C(NC(=O)C(NC)C(C)(C)c1ccccc1)C(C)(C)C. The Hall–Kier alpha value is -3.30. The Bertz CT molecular complexity index is 1260. The summed E-state index contributed by atoms with van der Waals surface area (Å²) in [5.74, 6) is -0.720. The van der Waals surface area contributed by atoms with Crippen LogP contribution in [0.3, 0.4) is 0 Å². The fourth-order valence-electron chi connectivity index (χ4n) is 4.56. The third kappa shape index (κ3) is 13.2. The molecule has 0 aliphatic rings. The van der Waals surface area contributed by atoms with Crippen LogP contribution in [-0.2, 0) is 26.2 Å². The Morgan fingerprint density at radius 1 is 0.957 bits per heavy atom. The second-order valence-electron chi connectivity index (χ2n) is 12.7. The average molecular weight is 656 g/mol. The number of benzene rings is 2. The largest absolute Gasteiger partial charge is 0.399 e. The number of carbonyl (C=O) groups is 3. The normalized spacial score (nSPS) is 12.8. The average Bonchev–Trinajstić information content (AvgIpc) is 3.02. The molecule has 9 heteroatoms. The molecule has 0 aliphatic carbocycles. The first-order valence-corrected chi connectivity index (χ1v) is 17.2. The number of nitrogens with zero attached hydrogens (tertiary/aromatic N) is 1. The van der Waals surface area contributed by atoms with Crippen molar-refractivity contribution in [3.05, 3.63) is 71.3 Å². The molecular weight excluding hydrogens is 595 g/mol. The zero-order valence-electron chi connectivity index (χ0n) is 30.6. The molecule has 46 heavy (non-hydrogen) atoms. The summed E-state index contributed by atoms with van der Waals surface area (Å²) in [5, 5.41) is 6.18. The van der Waals surface area contributed by atoms with E-state index < -0.39 is 22.9 Å². The maximum absolute atomic E-state index is 13.6. The summed E-state index contributed by atoms with van der Waals surface area (Å²) in [6, 6.07) is 14.1. The van der Waals surface area contributed by atoms with Gasteiger partial charge in [-0.25, -0.2) is 0 Å². The summed E-state index contributed by atoms with van der Waals surface area (Å²) in [7, 11) is 3.43. The topological polar surface area (TPSA) is 117 Å². The Morgan fingerprint density at radius 2 is 1.52 bits per heavy atom. The van der Waals surface area contributed by atoms with Crippen LogP contribution in [0.2, 0.25) is 0 Å². The highest BCUT2D eigenvalue weighted by Gasteiger charge is 2.40. The minimum absolute atomic E-state index is 0.220. The first-order valence-electron chi connectivity index (χ1n) is 16.3. The first-order chi connectivity index (χ1) is 21.5. The molecule has 2 atom stereocenters. The third-order valence-electron chi connectivity index (χ3n) is 7.31. The van der Waals surface area contributed by atoms with Crippen molar-refractivity contribution in [3.63, 3.8) is 0 Å². The molecule has 0 saturated carbocycles. The van der Waals surface area contributed by atoms with Gasteiger partial charge in [0.1, 0.15) is 6.04 Å². The summed E-state index contributed by atoms with van der Waals surface area (Å²) < 4.78 is 2.87. The lowest BCUT2D eigenvalue weighted by Crippen LogP contribution is -2.60. The number of anilines is 1. The molecule has 0 bridgehead atoms. The standard InChI is InChI=1S/C32H47N5O3S.C3H8.C2H6/c1-10-22-20-24(33)16-17-25(22)41-36-28(38)21(2)18-19-37(9)30(40)27(31(3,4)5)35-29(39)26(34-8)32(6,7)23-14-12-11-13-15-23;1-3-2;1-2/h11-18,20,26-27,34H,10,19,33H2,1-9H3,(H,35,39)(H,36,38);3H2,1-2H3;1-2H3/b21-18+;;. The van der Waals surface area contributed by atoms with E-state index >= 15 is 0 Å². The van der Waals surface area contributed by atoms with Gasteiger partial charge in [-0.3, -0.25) is 19.1 Å². The van der Waals surface area contributed by atoms with Crippen molar-refractivity contribution >= 4 is 35.4 Å². The van der Waals surface area contributed by atoms with Gasteiger partial charge in [0.2, 0.25) is 11.8 Å². The molecule has 0 spiro atoms. The molecule has 258 valence electrons. The summed E-state index contributed by atoms with van der Waals surface area (Å²) in [4.78, 5) is 42.4. The lowest BCUT2D eigenvalue weighted by Gasteiger charge is -2.38. The number of likely N-dealkylation sites (N-methyl/N-ethyl adjacent to an activating group) is 2. The third-order valence-corrected chi connectivity index (χ3v) is 8.22. The van der Waals surface area contributed by atoms with E-state index in [9.17, 15) is 14.4 Å². The molecule has 8 nitrogen and oxygen atoms in total. The molecule has 0 heterocycles. The fraction of sp³-hybridized carbons (Fsp3) is 0.541. The molecular formula is C37H61N5O3S. The van der Waals surface area contributed by atoms with E-state index in [1.807, 2.05) is 104 Å². The Kier molecular flexibility index (Phi) is 19.3. The highest BCUT2D eigenvalue weighted by Crippen LogP contribution is 2.28. The quantitative estimate of drug-likeness (QED) is 0.112. The predicted molar refractivity (Wildman–Crippen MR) is 197 cm³/mol. The summed E-state index contributed by atoms with van der Waals surface area (Å²) in [5.41, 5.74) is 8.06. The highest BCUT2D eigenvalue weighted by molar-refractivity contribution is 7.98. The van der Waals surface area contributed by atoms with Crippen LogP contribution in [0.1, 0.15) is 93.7 Å². The van der Waals surface area contributed by atoms with E-state index in [2.05, 4.69) is 29.2 Å². The lowest BCUT2D eigenvalue weighted by atomic mass is 9.76. The van der Waals surface area contributed by atoms with E-state index in [4.69, 9.17) is 5.73 Å². The van der Waals surface area contributed by atoms with Crippen LogP contribution in [0.15, 0.2) is 65.1 Å². The van der Waals surface area contributed by atoms with Gasteiger partial charge >= 0.3 is 0 Å². The number of nitrogen functional groups attached to an aromatic ring is 1. The van der Waals surface area contributed by atoms with Crippen molar-refractivity contribution in [1.29, 1.82) is 0 Å². The number of nitrogens with one attached hydrogen (secondary N) is 3. The number of hydrogen-bond acceptors (Lipinski definition) is 6. The van der Waals surface area contributed by atoms with Crippen LogP contribution in [0.4, 0.5) is 5.69 Å². The van der Waals surface area contributed by atoms with Crippen LogP contribution < -0.4 is 21.1 Å². The van der Waals surface area contributed by atoms with E-state index in [1.165, 1.54) is 23.3 Å². The molecule has 5 N–H and O–H groups in total. The molecule has 0 aromatic heterocycles. The molecule has 0 fully saturated rings. The number of rotatable bonds is 12. The van der Waals surface area contributed by atoms with Crippen molar-refractivity contribution in [1.82, 2.24) is 20.3 Å². The maximum Gasteiger partial charge on any atom is 0.256 e. The monoisotopic (exact) mass is 655 g/mol. The number of aryl methyl sites for hydroxylation is 1. The van der Waals surface area contributed by atoms with Gasteiger partial charge in [-0.05, 0) is 67.1 Å². The van der Waals surface area contributed by atoms with Gasteiger partial charge in [-0.2, -0.15) is 0 Å². The molecule has 2 aromatic rings. The Morgan fingerprint density at radius 3 is 2.02 bits per heavy atom. The minimum atomic E-state index is -0.765. The maximum atomic E-state index is 13.6. The van der Waals surface area contributed by atoms with Gasteiger partial charge in [0.05, 0.1) is 6.04 Å². The lowest BCUT2D eigenvalue weighted by molar-refractivity contribution is -0.139. The Labute approximate surface area is 283 Å². The minimum Gasteiger partial charge on any atom is -0.399 e. The fourth-order valence-corrected chi connectivity index (χ4v) is 5.40. The van der Waals surface area contributed by atoms with Gasteiger partial charge in [-0.1, -0.05) is 112 Å². The summed E-state index contributed by atoms with van der Waals surface area (Å²) in [6.45, 7) is 22.0. The molecule has 2 aromatic carbocycles. The number of hydrogen-bond donors (Lipinski definition) is 4. The molecule has 2 unspecified atom stereocenters. The molecule has 0 aliphatic heterocycles. The van der Waals surface area contributed by atoms with Gasteiger partial charge in [0.25, 0.3) is 5.91 Å². The number of amides is 3. The van der Waals surface area contributed by atoms with Gasteiger partial charge in [0.15, 0.2) is 0 Å². The van der Waals surface area contributed by atoms with Gasteiger partial charge < -0.3 is 21.3 Å². The molecule has 2 rings (SSSR count). The van der Waals surface area contributed by atoms with Crippen LogP contribution in [-0.4, -0.2) is 55.3 Å². The van der Waals surface area contributed by atoms with Crippen LogP contribution in [0.5, 0.6) is 0 Å². The van der Waals surface area contributed by atoms with E-state index in [0.29, 0.717) is 11.3 Å². The van der Waals surface area contributed by atoms with Crippen LogP contribution in [0, 0.1) is 5.41 Å². The van der Waals surface area contributed by atoms with Gasteiger partial charge in [0, 0.05) is 35.2 Å². The van der Waals surface area contributed by atoms with E-state index in [-0.39, 0.29) is 24.3 Å². The highest BCUT2D eigenvalue weighted by atomic mass is 32.2. The molecule has 3 amide bonds. The summed E-state index contributed by atoms with van der Waals surface area (Å²) in [6.07, 6.45) is 3.77. The van der Waals surface area contributed by atoms with Crippen molar-refractivity contribution in [2.24, 2.45) is 5.41 Å². The molecule has 0 radical (unpaired) electrons. The van der Waals surface area contributed by atoms with Crippen molar-refractivity contribution in [3.8, 4) is 0 Å².